The molecule has 0 aliphatic heterocycles. The monoisotopic (exact) mass is 245 g/mol. The summed E-state index contributed by atoms with van der Waals surface area (Å²) in [6.45, 7) is 5.53. The zero-order valence-corrected chi connectivity index (χ0v) is 10.7. The molecule has 17 heavy (non-hydrogen) atoms. The molecule has 0 amide bonds. The summed E-state index contributed by atoms with van der Waals surface area (Å²) in [6.07, 6.45) is 0. The molecule has 0 saturated carbocycles. The van der Waals surface area contributed by atoms with Gasteiger partial charge in [0.15, 0.2) is 0 Å². The zero-order valence-electron chi connectivity index (χ0n) is 9.81. The van der Waals surface area contributed by atoms with E-state index in [-0.39, 0.29) is 5.57 Å². The van der Waals surface area contributed by atoms with Crippen molar-refractivity contribution in [2.24, 2.45) is 0 Å². The van der Waals surface area contributed by atoms with Gasteiger partial charge in [0.05, 0.1) is 6.66 Å². The van der Waals surface area contributed by atoms with Gasteiger partial charge in [-0.25, -0.2) is 0 Å². The molecule has 86 valence electrons. The molecular weight excluding hydrogens is 230 g/mol. The highest BCUT2D eigenvalue weighted by molar-refractivity contribution is 7.92. The molecule has 0 fully saturated rings. The average Bonchev–Trinajstić information content (AvgIpc) is 2.39. The first kappa shape index (κ1) is 12.0. The highest BCUT2D eigenvalue weighted by atomic mass is 31.2. The van der Waals surface area contributed by atoms with Crippen LogP contribution in [0.4, 0.5) is 4.39 Å². The number of halogens is 1. The van der Waals surface area contributed by atoms with E-state index in [0.717, 1.165) is 10.6 Å². The molecular formula is C15H15FP+. The molecule has 0 spiro atoms. The van der Waals surface area contributed by atoms with Crippen molar-refractivity contribution in [3.63, 3.8) is 0 Å². The van der Waals surface area contributed by atoms with Crippen molar-refractivity contribution in [2.45, 2.75) is 0 Å². The van der Waals surface area contributed by atoms with Gasteiger partial charge in [-0.3, -0.25) is 0 Å². The summed E-state index contributed by atoms with van der Waals surface area (Å²) in [7, 11) is -2.11. The molecule has 2 rings (SSSR count). The topological polar surface area (TPSA) is 0 Å². The Bertz CT molecular complexity index is 465. The average molecular weight is 245 g/mol. The Morgan fingerprint density at radius 2 is 1.24 bits per heavy atom. The third-order valence-corrected chi connectivity index (χ3v) is 6.66. The molecule has 0 heterocycles. The first-order valence-corrected chi connectivity index (χ1v) is 7.72. The summed E-state index contributed by atoms with van der Waals surface area (Å²) in [5.41, 5.74) is -0.227. The van der Waals surface area contributed by atoms with Crippen LogP contribution in [0.15, 0.2) is 72.8 Å². The first-order valence-electron chi connectivity index (χ1n) is 5.48. The lowest BCUT2D eigenvalue weighted by molar-refractivity contribution is 0.698. The lowest BCUT2D eigenvalue weighted by Crippen LogP contribution is -2.21. The van der Waals surface area contributed by atoms with Crippen LogP contribution in [0.5, 0.6) is 0 Å². The molecule has 0 aliphatic rings. The molecule has 0 N–H and O–H groups in total. The van der Waals surface area contributed by atoms with E-state index in [4.69, 9.17) is 0 Å². The summed E-state index contributed by atoms with van der Waals surface area (Å²) >= 11 is 0. The van der Waals surface area contributed by atoms with Gasteiger partial charge in [-0.05, 0) is 30.8 Å². The van der Waals surface area contributed by atoms with Crippen LogP contribution in [0, 0.1) is 0 Å². The van der Waals surface area contributed by atoms with Crippen LogP contribution < -0.4 is 10.6 Å². The van der Waals surface area contributed by atoms with Crippen molar-refractivity contribution in [3.8, 4) is 0 Å². The van der Waals surface area contributed by atoms with E-state index in [1.807, 2.05) is 67.3 Å². The van der Waals surface area contributed by atoms with Crippen LogP contribution in [0.1, 0.15) is 0 Å². The van der Waals surface area contributed by atoms with Crippen LogP contribution in [-0.4, -0.2) is 6.66 Å². The molecule has 0 aromatic heterocycles. The fraction of sp³-hybridized carbons (Fsp3) is 0.0667. The van der Waals surface area contributed by atoms with E-state index in [0.29, 0.717) is 0 Å². The molecule has 0 bridgehead atoms. The maximum absolute atomic E-state index is 14.0. The van der Waals surface area contributed by atoms with E-state index < -0.39 is 7.26 Å². The SMILES string of the molecule is C=C(F)[P+](C)(c1ccccc1)c1ccccc1. The molecule has 0 atom stereocenters. The molecule has 0 radical (unpaired) electrons. The highest BCUT2D eigenvalue weighted by Gasteiger charge is 2.41. The number of hydrogen-bond donors (Lipinski definition) is 0. The molecule has 0 unspecified atom stereocenters. The van der Waals surface area contributed by atoms with Gasteiger partial charge in [0.25, 0.3) is 0 Å². The van der Waals surface area contributed by atoms with Gasteiger partial charge in [0.1, 0.15) is 17.9 Å². The largest absolute Gasteiger partial charge is 0.240 e. The summed E-state index contributed by atoms with van der Waals surface area (Å²) in [6, 6.07) is 19.6. The van der Waals surface area contributed by atoms with Crippen LogP contribution in [-0.2, 0) is 0 Å². The fourth-order valence-corrected chi connectivity index (χ4v) is 4.28. The molecule has 0 nitrogen and oxygen atoms in total. The summed E-state index contributed by atoms with van der Waals surface area (Å²) in [4.78, 5) is 0. The lowest BCUT2D eigenvalue weighted by atomic mass is 10.4. The molecule has 0 aliphatic carbocycles. The number of benzene rings is 2. The van der Waals surface area contributed by atoms with E-state index in [9.17, 15) is 4.39 Å². The van der Waals surface area contributed by atoms with Gasteiger partial charge in [0, 0.05) is 0 Å². The van der Waals surface area contributed by atoms with Gasteiger partial charge >= 0.3 is 0 Å². The maximum Gasteiger partial charge on any atom is 0.240 e. The summed E-state index contributed by atoms with van der Waals surface area (Å²) in [5.74, 6) is 0. The quantitative estimate of drug-likeness (QED) is 0.723. The normalized spacial score (nSPS) is 11.2. The Labute approximate surface area is 102 Å². The molecule has 0 saturated heterocycles. The standard InChI is InChI=1S/C15H15FP/c1-13(16)17(2,14-9-5-3-6-10-14)15-11-7-4-8-12-15/h3-12H,1H2,2H3/q+1. The predicted molar refractivity (Wildman–Crippen MR) is 75.2 cm³/mol. The number of hydrogen-bond acceptors (Lipinski definition) is 0. The Hall–Kier alpha value is -1.46. The Morgan fingerprint density at radius 1 is 0.882 bits per heavy atom. The highest BCUT2D eigenvalue weighted by Crippen LogP contribution is 2.59. The minimum Gasteiger partial charge on any atom is -0.165 e. The van der Waals surface area contributed by atoms with Crippen LogP contribution in [0.2, 0.25) is 0 Å². The Balaban J connectivity index is 2.59. The molecule has 2 aromatic rings. The maximum atomic E-state index is 14.0. The summed E-state index contributed by atoms with van der Waals surface area (Å²) < 4.78 is 14.0. The smallest absolute Gasteiger partial charge is 0.165 e. The third kappa shape index (κ3) is 2.16. The predicted octanol–water partition coefficient (Wildman–Crippen LogP) is 3.73. The Kier molecular flexibility index (Phi) is 3.40. The van der Waals surface area contributed by atoms with Gasteiger partial charge < -0.3 is 0 Å². The molecule has 2 heteroatoms. The van der Waals surface area contributed by atoms with E-state index in [2.05, 4.69) is 6.58 Å². The minimum atomic E-state index is -2.11. The molecule has 2 aromatic carbocycles. The van der Waals surface area contributed by atoms with Crippen LogP contribution >= 0.6 is 7.26 Å². The van der Waals surface area contributed by atoms with Crippen molar-refractivity contribution >= 4 is 17.9 Å². The second kappa shape index (κ2) is 4.81. The van der Waals surface area contributed by atoms with Crippen LogP contribution in [0.25, 0.3) is 0 Å². The van der Waals surface area contributed by atoms with E-state index >= 15 is 0 Å². The number of rotatable bonds is 3. The van der Waals surface area contributed by atoms with Gasteiger partial charge in [-0.15, -0.1) is 0 Å². The van der Waals surface area contributed by atoms with Crippen molar-refractivity contribution in [3.05, 3.63) is 72.8 Å². The minimum absolute atomic E-state index is 0.227. The van der Waals surface area contributed by atoms with Gasteiger partial charge in [-0.2, -0.15) is 4.39 Å². The summed E-state index contributed by atoms with van der Waals surface area (Å²) in [5, 5.41) is 2.05. The Morgan fingerprint density at radius 3 is 1.53 bits per heavy atom. The van der Waals surface area contributed by atoms with Crippen molar-refractivity contribution in [1.82, 2.24) is 0 Å². The third-order valence-electron chi connectivity index (χ3n) is 3.03. The van der Waals surface area contributed by atoms with Crippen LogP contribution in [0.3, 0.4) is 0 Å². The van der Waals surface area contributed by atoms with Crippen molar-refractivity contribution in [1.29, 1.82) is 0 Å². The van der Waals surface area contributed by atoms with Crippen molar-refractivity contribution in [2.75, 3.05) is 6.66 Å². The lowest BCUT2D eigenvalue weighted by Gasteiger charge is -2.19. The second-order valence-electron chi connectivity index (χ2n) is 4.05. The van der Waals surface area contributed by atoms with Crippen molar-refractivity contribution < 1.29 is 4.39 Å². The first-order chi connectivity index (χ1) is 8.15. The van der Waals surface area contributed by atoms with Gasteiger partial charge in [0.2, 0.25) is 5.57 Å². The van der Waals surface area contributed by atoms with E-state index in [1.165, 1.54) is 0 Å². The van der Waals surface area contributed by atoms with E-state index in [1.54, 1.807) is 0 Å². The van der Waals surface area contributed by atoms with Gasteiger partial charge in [-0.1, -0.05) is 36.4 Å². The zero-order chi connectivity index (χ0) is 12.3. The second-order valence-corrected chi connectivity index (χ2v) is 7.58. The fourth-order valence-electron chi connectivity index (χ4n) is 1.88.